The Labute approximate surface area is 92.8 Å². The molecule has 0 amide bonds. The Hall–Kier alpha value is -0.150. The number of rotatable bonds is 5. The Balaban J connectivity index is 2.09. The first-order valence-electron chi connectivity index (χ1n) is 5.62. The van der Waals surface area contributed by atoms with Gasteiger partial charge in [-0.1, -0.05) is 19.1 Å². The fourth-order valence-electron chi connectivity index (χ4n) is 2.31. The van der Waals surface area contributed by atoms with Crippen LogP contribution in [0.15, 0.2) is 0 Å². The van der Waals surface area contributed by atoms with E-state index in [0.29, 0.717) is 4.99 Å². The van der Waals surface area contributed by atoms with Crippen molar-refractivity contribution in [2.24, 2.45) is 11.7 Å². The molecule has 3 heteroatoms. The average Bonchev–Trinajstić information content (AvgIpc) is 2.39. The van der Waals surface area contributed by atoms with Crippen molar-refractivity contribution < 1.29 is 0 Å². The van der Waals surface area contributed by atoms with Crippen molar-refractivity contribution >= 4 is 17.2 Å². The molecule has 1 saturated heterocycles. The first-order valence-corrected chi connectivity index (χ1v) is 6.02. The second-order valence-electron chi connectivity index (χ2n) is 4.61. The van der Waals surface area contributed by atoms with Gasteiger partial charge in [-0.25, -0.2) is 0 Å². The zero-order valence-corrected chi connectivity index (χ0v) is 10.1. The van der Waals surface area contributed by atoms with Crippen molar-refractivity contribution in [2.45, 2.75) is 45.6 Å². The molecule has 0 aliphatic carbocycles. The van der Waals surface area contributed by atoms with E-state index < -0.39 is 0 Å². The fraction of sp³-hybridized carbons (Fsp3) is 0.909. The number of unbranched alkanes of at least 4 members (excludes halogenated alkanes) is 1. The Bertz CT molecular complexity index is 194. The van der Waals surface area contributed by atoms with Crippen LogP contribution in [0.4, 0.5) is 0 Å². The molecule has 0 spiro atoms. The van der Waals surface area contributed by atoms with Crippen LogP contribution in [-0.2, 0) is 0 Å². The number of nitrogens with zero attached hydrogens (tertiary/aromatic N) is 1. The molecular formula is C11H22N2S. The highest BCUT2D eigenvalue weighted by atomic mass is 32.1. The maximum atomic E-state index is 5.45. The molecule has 2 atom stereocenters. The van der Waals surface area contributed by atoms with Crippen molar-refractivity contribution in [3.8, 4) is 0 Å². The summed E-state index contributed by atoms with van der Waals surface area (Å²) in [5.74, 6) is 0.876. The molecule has 2 unspecified atom stereocenters. The minimum absolute atomic E-state index is 0.660. The second kappa shape index (κ2) is 5.66. The van der Waals surface area contributed by atoms with Gasteiger partial charge in [0.2, 0.25) is 0 Å². The lowest BCUT2D eigenvalue weighted by Crippen LogP contribution is -2.28. The summed E-state index contributed by atoms with van der Waals surface area (Å²) in [5, 5.41) is 0. The van der Waals surface area contributed by atoms with E-state index in [9.17, 15) is 0 Å². The van der Waals surface area contributed by atoms with Gasteiger partial charge in [-0.05, 0) is 45.1 Å². The summed E-state index contributed by atoms with van der Waals surface area (Å²) in [6, 6.07) is 0.773. The summed E-state index contributed by atoms with van der Waals surface area (Å²) < 4.78 is 0. The van der Waals surface area contributed by atoms with Crippen LogP contribution < -0.4 is 5.73 Å². The number of likely N-dealkylation sites (tertiary alicyclic amines) is 1. The van der Waals surface area contributed by atoms with Gasteiger partial charge in [0.05, 0.1) is 4.99 Å². The van der Waals surface area contributed by atoms with Gasteiger partial charge < -0.3 is 10.6 Å². The van der Waals surface area contributed by atoms with Crippen molar-refractivity contribution in [3.05, 3.63) is 0 Å². The first kappa shape index (κ1) is 11.9. The van der Waals surface area contributed by atoms with Crippen LogP contribution in [0.3, 0.4) is 0 Å². The monoisotopic (exact) mass is 214 g/mol. The van der Waals surface area contributed by atoms with Crippen LogP contribution in [0.5, 0.6) is 0 Å². The first-order chi connectivity index (χ1) is 6.59. The zero-order chi connectivity index (χ0) is 10.6. The molecule has 0 aromatic carbocycles. The van der Waals surface area contributed by atoms with Gasteiger partial charge in [-0.2, -0.15) is 0 Å². The average molecular weight is 214 g/mol. The molecule has 0 aromatic rings. The maximum Gasteiger partial charge on any atom is 0.0727 e. The molecule has 0 bridgehead atoms. The highest BCUT2D eigenvalue weighted by Crippen LogP contribution is 2.22. The van der Waals surface area contributed by atoms with E-state index in [0.717, 1.165) is 24.8 Å². The summed E-state index contributed by atoms with van der Waals surface area (Å²) in [6.07, 6.45) is 4.64. The Morgan fingerprint density at radius 1 is 1.43 bits per heavy atom. The van der Waals surface area contributed by atoms with E-state index in [1.165, 1.54) is 25.9 Å². The van der Waals surface area contributed by atoms with E-state index >= 15 is 0 Å². The SMILES string of the molecule is CC1CC(C)N(CCCCC(N)=S)C1. The lowest BCUT2D eigenvalue weighted by molar-refractivity contribution is 0.260. The Morgan fingerprint density at radius 3 is 2.64 bits per heavy atom. The standard InChI is InChI=1S/C11H22N2S/c1-9-7-10(2)13(8-9)6-4-3-5-11(12)14/h9-10H,3-8H2,1-2H3,(H2,12,14). The smallest absolute Gasteiger partial charge is 0.0727 e. The third-order valence-corrected chi connectivity index (χ3v) is 3.24. The van der Waals surface area contributed by atoms with Crippen LogP contribution in [0.1, 0.15) is 39.5 Å². The molecule has 0 saturated carbocycles. The number of nitrogens with two attached hydrogens (primary N) is 1. The lowest BCUT2D eigenvalue weighted by atomic mass is 10.1. The minimum atomic E-state index is 0.660. The molecule has 82 valence electrons. The van der Waals surface area contributed by atoms with Crippen molar-refractivity contribution in [1.29, 1.82) is 0 Å². The van der Waals surface area contributed by atoms with Gasteiger partial charge in [0.15, 0.2) is 0 Å². The molecule has 1 fully saturated rings. The largest absolute Gasteiger partial charge is 0.393 e. The quantitative estimate of drug-likeness (QED) is 0.562. The minimum Gasteiger partial charge on any atom is -0.393 e. The molecule has 1 rings (SSSR count). The fourth-order valence-corrected chi connectivity index (χ4v) is 2.46. The summed E-state index contributed by atoms with van der Waals surface area (Å²) in [5.41, 5.74) is 5.45. The Kier molecular flexibility index (Phi) is 4.82. The van der Waals surface area contributed by atoms with Crippen LogP contribution in [0.2, 0.25) is 0 Å². The highest BCUT2D eigenvalue weighted by molar-refractivity contribution is 7.80. The summed E-state index contributed by atoms with van der Waals surface area (Å²) in [6.45, 7) is 7.16. The molecule has 0 aromatic heterocycles. The van der Waals surface area contributed by atoms with Gasteiger partial charge in [0.25, 0.3) is 0 Å². The topological polar surface area (TPSA) is 29.3 Å². The molecule has 2 N–H and O–H groups in total. The summed E-state index contributed by atoms with van der Waals surface area (Å²) in [7, 11) is 0. The summed E-state index contributed by atoms with van der Waals surface area (Å²) in [4.78, 5) is 3.25. The second-order valence-corrected chi connectivity index (χ2v) is 5.13. The molecule has 1 aliphatic heterocycles. The normalized spacial score (nSPS) is 28.1. The van der Waals surface area contributed by atoms with E-state index in [1.54, 1.807) is 0 Å². The van der Waals surface area contributed by atoms with Crippen molar-refractivity contribution in [2.75, 3.05) is 13.1 Å². The van der Waals surface area contributed by atoms with Gasteiger partial charge in [-0.15, -0.1) is 0 Å². The van der Waals surface area contributed by atoms with Crippen molar-refractivity contribution in [3.63, 3.8) is 0 Å². The number of hydrogen-bond donors (Lipinski definition) is 1. The van der Waals surface area contributed by atoms with E-state index in [-0.39, 0.29) is 0 Å². The predicted octanol–water partition coefficient (Wildman–Crippen LogP) is 2.17. The van der Waals surface area contributed by atoms with Crippen LogP contribution in [0.25, 0.3) is 0 Å². The highest BCUT2D eigenvalue weighted by Gasteiger charge is 2.24. The van der Waals surface area contributed by atoms with Gasteiger partial charge >= 0.3 is 0 Å². The Morgan fingerprint density at radius 2 is 2.14 bits per heavy atom. The molecular weight excluding hydrogens is 192 g/mol. The predicted molar refractivity (Wildman–Crippen MR) is 65.5 cm³/mol. The lowest BCUT2D eigenvalue weighted by Gasteiger charge is -2.20. The van der Waals surface area contributed by atoms with E-state index in [2.05, 4.69) is 18.7 Å². The molecule has 2 nitrogen and oxygen atoms in total. The zero-order valence-electron chi connectivity index (χ0n) is 9.33. The van der Waals surface area contributed by atoms with Gasteiger partial charge in [0.1, 0.15) is 0 Å². The molecule has 14 heavy (non-hydrogen) atoms. The van der Waals surface area contributed by atoms with Crippen LogP contribution in [-0.4, -0.2) is 29.0 Å². The van der Waals surface area contributed by atoms with Crippen molar-refractivity contribution in [1.82, 2.24) is 4.90 Å². The van der Waals surface area contributed by atoms with E-state index in [4.69, 9.17) is 18.0 Å². The number of thiocarbonyl (C=S) groups is 1. The molecule has 1 aliphatic rings. The van der Waals surface area contributed by atoms with E-state index in [1.807, 2.05) is 0 Å². The van der Waals surface area contributed by atoms with Crippen LogP contribution in [0, 0.1) is 5.92 Å². The summed E-state index contributed by atoms with van der Waals surface area (Å²) >= 11 is 4.85. The van der Waals surface area contributed by atoms with Crippen LogP contribution >= 0.6 is 12.2 Å². The molecule has 0 radical (unpaired) electrons. The van der Waals surface area contributed by atoms with Gasteiger partial charge in [-0.3, -0.25) is 0 Å². The maximum absolute atomic E-state index is 5.45. The third kappa shape index (κ3) is 3.93. The number of hydrogen-bond acceptors (Lipinski definition) is 2. The molecule has 1 heterocycles. The van der Waals surface area contributed by atoms with Gasteiger partial charge in [0, 0.05) is 12.6 Å². The third-order valence-electron chi connectivity index (χ3n) is 3.03.